The molecule has 2 aromatic heterocycles. The van der Waals surface area contributed by atoms with Crippen LogP contribution >= 0.6 is 0 Å². The normalized spacial score (nSPS) is 20.0. The van der Waals surface area contributed by atoms with Crippen molar-refractivity contribution in [2.45, 2.75) is 39.3 Å². The first-order valence-corrected chi connectivity index (χ1v) is 7.85. The molecule has 2 unspecified atom stereocenters. The zero-order chi connectivity index (χ0) is 16.9. The number of rotatable bonds is 4. The maximum Gasteiger partial charge on any atom is 0.332 e. The van der Waals surface area contributed by atoms with Gasteiger partial charge in [-0.3, -0.25) is 13.9 Å². The summed E-state index contributed by atoms with van der Waals surface area (Å²) in [7, 11) is 3.15. The van der Waals surface area contributed by atoms with Crippen molar-refractivity contribution in [3.63, 3.8) is 0 Å². The third kappa shape index (κ3) is 2.65. The van der Waals surface area contributed by atoms with Crippen molar-refractivity contribution >= 4 is 11.2 Å². The molecule has 1 aliphatic rings. The lowest BCUT2D eigenvalue weighted by Crippen LogP contribution is -2.37. The minimum atomic E-state index is -0.357. The summed E-state index contributed by atoms with van der Waals surface area (Å²) in [6, 6.07) is 0.221. The number of fused-ring (bicyclic) bond motifs is 1. The summed E-state index contributed by atoms with van der Waals surface area (Å²) in [6.45, 7) is 4.61. The number of imidazole rings is 1. The molecule has 0 spiro atoms. The fourth-order valence-electron chi connectivity index (χ4n) is 2.86. The largest absolute Gasteiger partial charge is 0.332 e. The van der Waals surface area contributed by atoms with E-state index in [2.05, 4.69) is 11.1 Å². The highest BCUT2D eigenvalue weighted by Crippen LogP contribution is 2.31. The van der Waals surface area contributed by atoms with E-state index in [-0.39, 0.29) is 17.3 Å². The van der Waals surface area contributed by atoms with E-state index >= 15 is 0 Å². The van der Waals surface area contributed by atoms with Crippen molar-refractivity contribution < 1.29 is 0 Å². The van der Waals surface area contributed by atoms with Gasteiger partial charge in [0.15, 0.2) is 11.2 Å². The molecule has 0 bridgehead atoms. The van der Waals surface area contributed by atoms with E-state index in [1.54, 1.807) is 7.05 Å². The Morgan fingerprint density at radius 2 is 1.96 bits per heavy atom. The van der Waals surface area contributed by atoms with Crippen LogP contribution in [0.4, 0.5) is 0 Å². The van der Waals surface area contributed by atoms with Gasteiger partial charge in [0.25, 0.3) is 5.56 Å². The first-order valence-electron chi connectivity index (χ1n) is 7.85. The van der Waals surface area contributed by atoms with Gasteiger partial charge in [0.2, 0.25) is 0 Å². The molecule has 0 saturated heterocycles. The molecule has 2 atom stereocenters. The molecule has 23 heavy (non-hydrogen) atoms. The predicted octanol–water partition coefficient (Wildman–Crippen LogP) is 0.290. The molecule has 124 valence electrons. The zero-order valence-corrected chi connectivity index (χ0v) is 14.0. The molecule has 7 nitrogen and oxygen atoms in total. The number of nitrogens with two attached hydrogens (primary N) is 1. The first kappa shape index (κ1) is 15.7. The minimum absolute atomic E-state index is 0.221. The molecule has 1 aliphatic carbocycles. The molecule has 0 radical (unpaired) electrons. The number of allylic oxidation sites excluding steroid dienone is 2. The van der Waals surface area contributed by atoms with Crippen LogP contribution in [0.15, 0.2) is 21.2 Å². The summed E-state index contributed by atoms with van der Waals surface area (Å²) >= 11 is 0. The minimum Gasteiger partial charge on any atom is -0.327 e. The third-order valence-electron chi connectivity index (χ3n) is 4.53. The number of hydrogen-bond acceptors (Lipinski definition) is 4. The molecule has 2 N–H and O–H groups in total. The van der Waals surface area contributed by atoms with E-state index < -0.39 is 0 Å². The number of nitrogens with zero attached hydrogens (tertiary/aromatic N) is 4. The number of aryl methyl sites for hydroxylation is 1. The van der Waals surface area contributed by atoms with Crippen LogP contribution in [-0.4, -0.2) is 24.7 Å². The quantitative estimate of drug-likeness (QED) is 0.821. The Kier molecular flexibility index (Phi) is 3.75. The van der Waals surface area contributed by atoms with Crippen molar-refractivity contribution in [1.82, 2.24) is 18.7 Å². The fourth-order valence-corrected chi connectivity index (χ4v) is 2.86. The van der Waals surface area contributed by atoms with Crippen LogP contribution in [0.3, 0.4) is 0 Å². The van der Waals surface area contributed by atoms with E-state index in [1.807, 2.05) is 18.4 Å². The summed E-state index contributed by atoms with van der Waals surface area (Å²) in [5, 5.41) is 0. The van der Waals surface area contributed by atoms with Crippen molar-refractivity contribution in [2.24, 2.45) is 25.7 Å². The Bertz CT molecular complexity index is 911. The van der Waals surface area contributed by atoms with E-state index in [0.29, 0.717) is 23.6 Å². The highest BCUT2D eigenvalue weighted by Gasteiger charge is 2.35. The third-order valence-corrected chi connectivity index (χ3v) is 4.53. The molecule has 3 rings (SSSR count). The summed E-state index contributed by atoms with van der Waals surface area (Å²) in [4.78, 5) is 29.3. The van der Waals surface area contributed by atoms with Crippen LogP contribution < -0.4 is 17.0 Å². The smallest absolute Gasteiger partial charge is 0.327 e. The fraction of sp³-hybridized carbons (Fsp3) is 0.562. The average Bonchev–Trinajstić information content (AvgIpc) is 3.06. The topological polar surface area (TPSA) is 87.8 Å². The molecular weight excluding hydrogens is 294 g/mol. The Balaban J connectivity index is 2.25. The van der Waals surface area contributed by atoms with Crippen LogP contribution in [0.5, 0.6) is 0 Å². The molecule has 2 aromatic rings. The van der Waals surface area contributed by atoms with Gasteiger partial charge in [0.05, 0.1) is 0 Å². The summed E-state index contributed by atoms with van der Waals surface area (Å²) in [5.74, 6) is 1.24. The molecular formula is C16H23N5O2. The molecule has 0 aromatic carbocycles. The van der Waals surface area contributed by atoms with Gasteiger partial charge >= 0.3 is 5.69 Å². The van der Waals surface area contributed by atoms with E-state index in [9.17, 15) is 9.59 Å². The Morgan fingerprint density at radius 3 is 2.52 bits per heavy atom. The van der Waals surface area contributed by atoms with Gasteiger partial charge in [0.1, 0.15) is 5.82 Å². The van der Waals surface area contributed by atoms with Gasteiger partial charge in [-0.05, 0) is 26.2 Å². The molecule has 0 amide bonds. The van der Waals surface area contributed by atoms with Gasteiger partial charge in [0, 0.05) is 33.1 Å². The Morgan fingerprint density at radius 1 is 1.30 bits per heavy atom. The number of hydrogen-bond donors (Lipinski definition) is 1. The second-order valence-corrected chi connectivity index (χ2v) is 6.66. The standard InChI is InChI=1S/C16H23N5O2/c1-9(2)5-6-21-12(8-10-7-11(10)17)18-14-13(21)15(22)20(4)16(23)19(14)3/h5,10-11H,6-8,17H2,1-4H3. The first-order chi connectivity index (χ1) is 10.8. The lowest BCUT2D eigenvalue weighted by atomic mass is 10.2. The highest BCUT2D eigenvalue weighted by molar-refractivity contribution is 5.71. The van der Waals surface area contributed by atoms with E-state index in [1.165, 1.54) is 17.2 Å². The Hall–Kier alpha value is -2.15. The van der Waals surface area contributed by atoms with Gasteiger partial charge in [-0.15, -0.1) is 0 Å². The monoisotopic (exact) mass is 317 g/mol. The molecule has 7 heteroatoms. The van der Waals surface area contributed by atoms with Crippen molar-refractivity contribution in [2.75, 3.05) is 0 Å². The summed E-state index contributed by atoms with van der Waals surface area (Å²) in [5.41, 5.74) is 7.36. The second kappa shape index (κ2) is 5.49. The summed E-state index contributed by atoms with van der Waals surface area (Å²) < 4.78 is 4.50. The second-order valence-electron chi connectivity index (χ2n) is 6.66. The number of aromatic nitrogens is 4. The molecule has 0 aliphatic heterocycles. The molecule has 1 fully saturated rings. The van der Waals surface area contributed by atoms with Crippen LogP contribution in [0.25, 0.3) is 11.2 Å². The van der Waals surface area contributed by atoms with E-state index in [0.717, 1.165) is 23.2 Å². The highest BCUT2D eigenvalue weighted by atomic mass is 16.2. The van der Waals surface area contributed by atoms with Crippen molar-refractivity contribution in [3.8, 4) is 0 Å². The lowest BCUT2D eigenvalue weighted by molar-refractivity contribution is 0.678. The van der Waals surface area contributed by atoms with Crippen molar-refractivity contribution in [1.29, 1.82) is 0 Å². The molecule has 1 saturated carbocycles. The average molecular weight is 317 g/mol. The SMILES string of the molecule is CC(C)=CCn1c(CC2CC2N)nc2c1c(=O)n(C)c(=O)n2C. The summed E-state index contributed by atoms with van der Waals surface area (Å²) in [6.07, 6.45) is 3.79. The van der Waals surface area contributed by atoms with Gasteiger partial charge in [-0.2, -0.15) is 0 Å². The van der Waals surface area contributed by atoms with Gasteiger partial charge in [-0.1, -0.05) is 11.6 Å². The zero-order valence-electron chi connectivity index (χ0n) is 14.0. The van der Waals surface area contributed by atoms with Crippen LogP contribution in [-0.2, 0) is 27.1 Å². The maximum absolute atomic E-state index is 12.6. The van der Waals surface area contributed by atoms with Crippen LogP contribution in [0.1, 0.15) is 26.1 Å². The maximum atomic E-state index is 12.6. The lowest BCUT2D eigenvalue weighted by Gasteiger charge is -2.07. The molecule has 2 heterocycles. The van der Waals surface area contributed by atoms with Gasteiger partial charge < -0.3 is 10.3 Å². The Labute approximate surface area is 134 Å². The van der Waals surface area contributed by atoms with Gasteiger partial charge in [-0.25, -0.2) is 9.78 Å². The predicted molar refractivity (Wildman–Crippen MR) is 89.4 cm³/mol. The van der Waals surface area contributed by atoms with Crippen LogP contribution in [0.2, 0.25) is 0 Å². The van der Waals surface area contributed by atoms with Crippen LogP contribution in [0, 0.1) is 5.92 Å². The van der Waals surface area contributed by atoms with E-state index in [4.69, 9.17) is 5.73 Å². The van der Waals surface area contributed by atoms with Crippen molar-refractivity contribution in [3.05, 3.63) is 38.3 Å².